The topological polar surface area (TPSA) is 98.7 Å². The van der Waals surface area contributed by atoms with Crippen molar-refractivity contribution in [2.24, 2.45) is 0 Å². The number of aliphatic hydroxyl groups excluding tert-OH is 1. The molecule has 0 radical (unpaired) electrons. The second-order valence-electron chi connectivity index (χ2n) is 10.2. The molecule has 3 N–H and O–H groups in total. The first-order valence-corrected chi connectivity index (χ1v) is 14.8. The third-order valence-corrected chi connectivity index (χ3v) is 9.12. The minimum absolute atomic E-state index is 0.0668. The van der Waals surface area contributed by atoms with Crippen LogP contribution in [0.15, 0.2) is 77.7 Å². The van der Waals surface area contributed by atoms with E-state index in [2.05, 4.69) is 27.1 Å². The minimum Gasteiger partial charge on any atom is -0.391 e. The Morgan fingerprint density at radius 3 is 2.50 bits per heavy atom. The molecule has 1 heterocycles. The molecule has 0 bridgehead atoms. The molecule has 3 aromatic carbocycles. The molecule has 8 heteroatoms. The number of amides is 1. The molecule has 2 aliphatic rings. The van der Waals surface area contributed by atoms with Crippen molar-refractivity contribution < 1.29 is 18.3 Å². The molecule has 0 unspecified atom stereocenters. The summed E-state index contributed by atoms with van der Waals surface area (Å²) in [6, 6.07) is 21.5. The van der Waals surface area contributed by atoms with Gasteiger partial charge >= 0.3 is 0 Å². The summed E-state index contributed by atoms with van der Waals surface area (Å²) in [7, 11) is -3.85. The van der Waals surface area contributed by atoms with Crippen LogP contribution < -0.4 is 10.0 Å². The van der Waals surface area contributed by atoms with E-state index < -0.39 is 22.2 Å². The van der Waals surface area contributed by atoms with Crippen LogP contribution in [0.2, 0.25) is 0 Å². The van der Waals surface area contributed by atoms with Gasteiger partial charge in [0.1, 0.15) is 0 Å². The number of hydrogen-bond acceptors (Lipinski definition) is 5. The number of carbonyl (C=O) groups is 1. The van der Waals surface area contributed by atoms with E-state index in [4.69, 9.17) is 0 Å². The monoisotopic (exact) mass is 533 g/mol. The van der Waals surface area contributed by atoms with Crippen LogP contribution in [-0.4, -0.2) is 43.0 Å². The number of anilines is 1. The maximum Gasteiger partial charge on any atom is 0.241 e. The summed E-state index contributed by atoms with van der Waals surface area (Å²) in [5.41, 5.74) is 4.49. The Kier molecular flexibility index (Phi) is 7.95. The number of carbonyl (C=O) groups excluding carboxylic acids is 1. The van der Waals surface area contributed by atoms with Crippen LogP contribution in [0.5, 0.6) is 0 Å². The van der Waals surface area contributed by atoms with Crippen LogP contribution in [-0.2, 0) is 34.2 Å². The molecule has 1 aliphatic heterocycles. The molecule has 0 spiro atoms. The van der Waals surface area contributed by atoms with Gasteiger partial charge in [0.15, 0.2) is 0 Å². The van der Waals surface area contributed by atoms with Crippen LogP contribution in [0.25, 0.3) is 0 Å². The zero-order valence-corrected chi connectivity index (χ0v) is 22.5. The van der Waals surface area contributed by atoms with Gasteiger partial charge in [-0.2, -0.15) is 0 Å². The summed E-state index contributed by atoms with van der Waals surface area (Å²) in [5, 5.41) is 13.9. The smallest absolute Gasteiger partial charge is 0.241 e. The van der Waals surface area contributed by atoms with Gasteiger partial charge in [-0.25, -0.2) is 13.1 Å². The Morgan fingerprint density at radius 1 is 1.00 bits per heavy atom. The Balaban J connectivity index is 1.33. The molecule has 38 heavy (non-hydrogen) atoms. The van der Waals surface area contributed by atoms with Gasteiger partial charge in [0.25, 0.3) is 0 Å². The quantitative estimate of drug-likeness (QED) is 0.404. The molecule has 1 amide bonds. The summed E-state index contributed by atoms with van der Waals surface area (Å²) in [6.45, 7) is 3.60. The fourth-order valence-electron chi connectivity index (χ4n) is 5.50. The van der Waals surface area contributed by atoms with Gasteiger partial charge in [0.2, 0.25) is 15.9 Å². The zero-order valence-electron chi connectivity index (χ0n) is 21.6. The van der Waals surface area contributed by atoms with Gasteiger partial charge in [0, 0.05) is 12.2 Å². The van der Waals surface area contributed by atoms with E-state index in [0.717, 1.165) is 43.5 Å². The summed E-state index contributed by atoms with van der Waals surface area (Å²) in [5.74, 6) is -0.0668. The molecule has 5 rings (SSSR count). The third kappa shape index (κ3) is 5.83. The maximum atomic E-state index is 13.3. The van der Waals surface area contributed by atoms with Crippen LogP contribution >= 0.6 is 0 Å². The van der Waals surface area contributed by atoms with Gasteiger partial charge in [0.05, 0.1) is 23.1 Å². The first kappa shape index (κ1) is 26.6. The average Bonchev–Trinajstić information content (AvgIpc) is 3.39. The molecular formula is C30H35N3O4S. The van der Waals surface area contributed by atoms with Crippen molar-refractivity contribution in [3.05, 3.63) is 95.1 Å². The number of nitrogens with one attached hydrogen (secondary N) is 2. The summed E-state index contributed by atoms with van der Waals surface area (Å²) >= 11 is 0. The van der Waals surface area contributed by atoms with E-state index in [0.29, 0.717) is 24.1 Å². The number of aliphatic hydroxyl groups is 1. The van der Waals surface area contributed by atoms with Gasteiger partial charge in [-0.05, 0) is 85.2 Å². The lowest BCUT2D eigenvalue weighted by atomic mass is 9.86. The molecule has 0 aromatic heterocycles. The zero-order chi connectivity index (χ0) is 26.7. The van der Waals surface area contributed by atoms with Crippen molar-refractivity contribution in [3.63, 3.8) is 0 Å². The molecule has 3 aromatic rings. The second kappa shape index (κ2) is 11.4. The highest BCUT2D eigenvalue weighted by Crippen LogP contribution is 2.34. The predicted molar refractivity (Wildman–Crippen MR) is 148 cm³/mol. The van der Waals surface area contributed by atoms with Crippen LogP contribution in [0, 0.1) is 0 Å². The average molecular weight is 534 g/mol. The Bertz CT molecular complexity index is 1380. The van der Waals surface area contributed by atoms with E-state index in [9.17, 15) is 18.3 Å². The Labute approximate surface area is 224 Å². The molecule has 0 saturated carbocycles. The number of nitrogens with zero attached hydrogens (tertiary/aromatic N) is 1. The fraction of sp³-hybridized carbons (Fsp3) is 0.367. The van der Waals surface area contributed by atoms with E-state index >= 15 is 0 Å². The molecule has 7 nitrogen and oxygen atoms in total. The number of fused-ring (bicyclic) bond motifs is 1. The third-order valence-electron chi connectivity index (χ3n) is 7.66. The first-order chi connectivity index (χ1) is 18.3. The summed E-state index contributed by atoms with van der Waals surface area (Å²) in [6.07, 6.45) is 2.81. The van der Waals surface area contributed by atoms with Gasteiger partial charge in [-0.15, -0.1) is 0 Å². The number of benzene rings is 3. The van der Waals surface area contributed by atoms with E-state index in [1.54, 1.807) is 30.3 Å². The fourth-order valence-corrected chi connectivity index (χ4v) is 6.75. The molecule has 3 atom stereocenters. The SMILES string of the molecule is CCc1ccc(S(=O)(=O)N[C@@H]2c3cc(NC(=O)[C@H]4CCCN4Cc4ccccc4)ccc3CC[C@H]2O)cc1. The largest absolute Gasteiger partial charge is 0.391 e. The second-order valence-corrected chi connectivity index (χ2v) is 11.9. The highest BCUT2D eigenvalue weighted by molar-refractivity contribution is 7.89. The van der Waals surface area contributed by atoms with Crippen molar-refractivity contribution in [1.29, 1.82) is 0 Å². The lowest BCUT2D eigenvalue weighted by Crippen LogP contribution is -2.40. The van der Waals surface area contributed by atoms with Gasteiger partial charge in [-0.3, -0.25) is 9.69 Å². The number of rotatable bonds is 8. The molecule has 1 aliphatic carbocycles. The van der Waals surface area contributed by atoms with Crippen molar-refractivity contribution in [2.45, 2.75) is 68.7 Å². The van der Waals surface area contributed by atoms with Crippen LogP contribution in [0.3, 0.4) is 0 Å². The molecule has 1 fully saturated rings. The predicted octanol–water partition coefficient (Wildman–Crippen LogP) is 4.18. The minimum atomic E-state index is -3.85. The highest BCUT2D eigenvalue weighted by Gasteiger charge is 2.34. The number of hydrogen-bond donors (Lipinski definition) is 3. The number of aryl methyl sites for hydroxylation is 2. The molecule has 1 saturated heterocycles. The van der Waals surface area contributed by atoms with E-state index in [1.807, 2.05) is 37.3 Å². The van der Waals surface area contributed by atoms with Crippen molar-refractivity contribution in [1.82, 2.24) is 9.62 Å². The van der Waals surface area contributed by atoms with Crippen LogP contribution in [0.1, 0.15) is 54.5 Å². The summed E-state index contributed by atoms with van der Waals surface area (Å²) < 4.78 is 29.1. The number of likely N-dealkylation sites (tertiary alicyclic amines) is 1. The molecule has 200 valence electrons. The van der Waals surface area contributed by atoms with Crippen molar-refractivity contribution >= 4 is 21.6 Å². The first-order valence-electron chi connectivity index (χ1n) is 13.3. The van der Waals surface area contributed by atoms with Crippen LogP contribution in [0.4, 0.5) is 5.69 Å². The van der Waals surface area contributed by atoms with E-state index in [-0.39, 0.29) is 16.8 Å². The summed E-state index contributed by atoms with van der Waals surface area (Å²) in [4.78, 5) is 15.6. The Morgan fingerprint density at radius 2 is 1.76 bits per heavy atom. The lowest BCUT2D eigenvalue weighted by molar-refractivity contribution is -0.120. The normalized spacial score (nSPS) is 21.7. The van der Waals surface area contributed by atoms with Crippen molar-refractivity contribution in [2.75, 3.05) is 11.9 Å². The van der Waals surface area contributed by atoms with Gasteiger partial charge in [-0.1, -0.05) is 55.5 Å². The molecular weight excluding hydrogens is 498 g/mol. The van der Waals surface area contributed by atoms with Gasteiger partial charge < -0.3 is 10.4 Å². The van der Waals surface area contributed by atoms with E-state index in [1.165, 1.54) is 5.56 Å². The lowest BCUT2D eigenvalue weighted by Gasteiger charge is -2.31. The number of sulfonamides is 1. The highest BCUT2D eigenvalue weighted by atomic mass is 32.2. The Hall–Kier alpha value is -3.04. The maximum absolute atomic E-state index is 13.3. The van der Waals surface area contributed by atoms with Crippen molar-refractivity contribution in [3.8, 4) is 0 Å². The standard InChI is InChI=1S/C30H35N3O4S/c1-2-21-10-15-25(16-11-21)38(36,37)32-29-26-19-24(14-12-23(26)13-17-28(29)34)31-30(35)27-9-6-18-33(27)20-22-7-4-3-5-8-22/h3-5,7-8,10-12,14-16,19,27-29,32,34H,2,6,9,13,17-18,20H2,1H3,(H,31,35)/t27-,28-,29-/m1/s1.